The number of carbonyl (C=O) groups is 3. The van der Waals surface area contributed by atoms with Gasteiger partial charge < -0.3 is 9.84 Å². The molecule has 2 aliphatic rings. The van der Waals surface area contributed by atoms with E-state index < -0.39 is 18.2 Å². The smallest absolute Gasteiger partial charge is 0.334 e. The van der Waals surface area contributed by atoms with E-state index in [0.29, 0.717) is 6.29 Å². The molecule has 6 heteroatoms. The van der Waals surface area contributed by atoms with Gasteiger partial charge in [-0.25, -0.2) is 4.79 Å². The van der Waals surface area contributed by atoms with Crippen molar-refractivity contribution in [2.75, 3.05) is 0 Å². The van der Waals surface area contributed by atoms with Gasteiger partial charge in [-0.3, -0.25) is 14.5 Å². The maximum absolute atomic E-state index is 11.0. The van der Waals surface area contributed by atoms with Gasteiger partial charge >= 0.3 is 5.97 Å². The third-order valence-electron chi connectivity index (χ3n) is 2.23. The van der Waals surface area contributed by atoms with Crippen LogP contribution in [0.3, 0.4) is 0 Å². The van der Waals surface area contributed by atoms with Gasteiger partial charge in [-0.05, 0) is 0 Å². The van der Waals surface area contributed by atoms with Gasteiger partial charge in [0.2, 0.25) is 5.91 Å². The van der Waals surface area contributed by atoms with Crippen molar-refractivity contribution in [2.24, 2.45) is 0 Å². The molecule has 1 amide bonds. The second kappa shape index (κ2) is 2.83. The van der Waals surface area contributed by atoms with Crippen LogP contribution >= 0.6 is 0 Å². The average Bonchev–Trinajstić information content (AvgIpc) is 2.39. The molecule has 0 aromatic heterocycles. The Morgan fingerprint density at radius 1 is 1.64 bits per heavy atom. The molecular weight excluding hydrogens is 190 g/mol. The zero-order valence-corrected chi connectivity index (χ0v) is 7.04. The van der Waals surface area contributed by atoms with Crippen LogP contribution in [0.4, 0.5) is 0 Å². The van der Waals surface area contributed by atoms with Crippen molar-refractivity contribution in [1.29, 1.82) is 0 Å². The minimum atomic E-state index is -1.19. The molecule has 6 nitrogen and oxygen atoms in total. The second-order valence-corrected chi connectivity index (χ2v) is 3.02. The van der Waals surface area contributed by atoms with Gasteiger partial charge in [0.25, 0.3) is 0 Å². The SMILES string of the molecule is O=C/C=C1\OC2CC(=O)N2C1C(=O)O. The largest absolute Gasteiger partial charge is 0.479 e. The number of hydrogen-bond donors (Lipinski definition) is 1. The number of aldehydes is 1. The highest BCUT2D eigenvalue weighted by molar-refractivity contribution is 5.91. The van der Waals surface area contributed by atoms with Crippen molar-refractivity contribution in [3.05, 3.63) is 11.8 Å². The molecule has 74 valence electrons. The topological polar surface area (TPSA) is 83.9 Å². The van der Waals surface area contributed by atoms with Crippen molar-refractivity contribution in [3.8, 4) is 0 Å². The molecule has 2 saturated heterocycles. The van der Waals surface area contributed by atoms with Crippen LogP contribution in [0.2, 0.25) is 0 Å². The Bertz CT molecular complexity index is 348. The molecule has 0 aromatic carbocycles. The zero-order valence-electron chi connectivity index (χ0n) is 7.04. The number of hydrogen-bond acceptors (Lipinski definition) is 4. The first-order chi connectivity index (χ1) is 6.65. The van der Waals surface area contributed by atoms with Crippen molar-refractivity contribution >= 4 is 18.2 Å². The fourth-order valence-electron chi connectivity index (χ4n) is 1.61. The minimum absolute atomic E-state index is 0.0309. The number of nitrogens with zero attached hydrogens (tertiary/aromatic N) is 1. The lowest BCUT2D eigenvalue weighted by Crippen LogP contribution is -2.54. The highest BCUT2D eigenvalue weighted by atomic mass is 16.5. The molecule has 14 heavy (non-hydrogen) atoms. The van der Waals surface area contributed by atoms with Crippen LogP contribution in [0.15, 0.2) is 11.8 Å². The Labute approximate surface area is 78.7 Å². The van der Waals surface area contributed by atoms with Crippen molar-refractivity contribution in [2.45, 2.75) is 18.7 Å². The average molecular weight is 197 g/mol. The van der Waals surface area contributed by atoms with Crippen molar-refractivity contribution in [3.63, 3.8) is 0 Å². The summed E-state index contributed by atoms with van der Waals surface area (Å²) in [6, 6.07) is -1.13. The summed E-state index contributed by atoms with van der Waals surface area (Å²) in [5.41, 5.74) is 0. The first kappa shape index (κ1) is 8.74. The van der Waals surface area contributed by atoms with E-state index in [9.17, 15) is 14.4 Å². The van der Waals surface area contributed by atoms with Crippen LogP contribution < -0.4 is 0 Å². The Hall–Kier alpha value is -1.85. The Morgan fingerprint density at radius 2 is 2.36 bits per heavy atom. The number of amides is 1. The number of carboxylic acid groups (broad SMARTS) is 1. The van der Waals surface area contributed by atoms with E-state index in [0.717, 1.165) is 11.0 Å². The lowest BCUT2D eigenvalue weighted by molar-refractivity contribution is -0.163. The van der Waals surface area contributed by atoms with Gasteiger partial charge in [0.1, 0.15) is 12.0 Å². The monoisotopic (exact) mass is 197 g/mol. The van der Waals surface area contributed by atoms with E-state index in [1.807, 2.05) is 0 Å². The van der Waals surface area contributed by atoms with E-state index in [-0.39, 0.29) is 18.1 Å². The fraction of sp³-hybridized carbons (Fsp3) is 0.375. The Morgan fingerprint density at radius 3 is 2.86 bits per heavy atom. The molecule has 2 rings (SSSR count). The normalized spacial score (nSPS) is 32.1. The number of β-lactam (4-membered cyclic amide) rings is 1. The van der Waals surface area contributed by atoms with Crippen LogP contribution in [0.25, 0.3) is 0 Å². The number of ether oxygens (including phenoxy) is 1. The summed E-state index contributed by atoms with van der Waals surface area (Å²) in [6.07, 6.45) is 1.15. The molecule has 0 bridgehead atoms. The summed E-state index contributed by atoms with van der Waals surface area (Å²) >= 11 is 0. The first-order valence-electron chi connectivity index (χ1n) is 4.01. The standard InChI is InChI=1S/C8H7NO5/c10-2-1-4-7(8(12)13)9-5(11)3-6(9)14-4/h1-2,6-7H,3H2,(H,12,13)/b4-1-. The van der Waals surface area contributed by atoms with Crippen LogP contribution in [-0.2, 0) is 19.1 Å². The van der Waals surface area contributed by atoms with Crippen molar-refractivity contribution < 1.29 is 24.2 Å². The molecule has 2 fully saturated rings. The molecular formula is C8H7NO5. The molecule has 0 aromatic rings. The van der Waals surface area contributed by atoms with Crippen LogP contribution in [0.5, 0.6) is 0 Å². The summed E-state index contributed by atoms with van der Waals surface area (Å²) in [5, 5.41) is 8.82. The molecule has 2 heterocycles. The number of fused-ring (bicyclic) bond motifs is 1. The second-order valence-electron chi connectivity index (χ2n) is 3.02. The molecule has 2 aliphatic heterocycles. The molecule has 2 unspecified atom stereocenters. The first-order valence-corrected chi connectivity index (χ1v) is 4.01. The van der Waals surface area contributed by atoms with Gasteiger partial charge in [-0.2, -0.15) is 0 Å². The summed E-state index contributed by atoms with van der Waals surface area (Å²) < 4.78 is 5.10. The number of allylic oxidation sites excluding steroid dienone is 1. The molecule has 0 aliphatic carbocycles. The van der Waals surface area contributed by atoms with Gasteiger partial charge in [0.05, 0.1) is 6.42 Å². The molecule has 2 atom stereocenters. The number of carbonyl (C=O) groups excluding carboxylic acids is 2. The number of aliphatic carboxylic acids is 1. The summed E-state index contributed by atoms with van der Waals surface area (Å²) in [4.78, 5) is 33.1. The highest BCUT2D eigenvalue weighted by Crippen LogP contribution is 2.35. The Balaban J connectivity index is 2.30. The van der Waals surface area contributed by atoms with E-state index in [2.05, 4.69) is 0 Å². The van der Waals surface area contributed by atoms with Gasteiger partial charge in [-0.1, -0.05) is 0 Å². The maximum Gasteiger partial charge on any atom is 0.334 e. The summed E-state index contributed by atoms with van der Waals surface area (Å²) in [6.45, 7) is 0. The predicted octanol–water partition coefficient (Wildman–Crippen LogP) is -0.889. The lowest BCUT2D eigenvalue weighted by Gasteiger charge is -2.33. The zero-order chi connectivity index (χ0) is 10.3. The van der Waals surface area contributed by atoms with Gasteiger partial charge in [0.15, 0.2) is 12.3 Å². The third kappa shape index (κ3) is 1.00. The predicted molar refractivity (Wildman–Crippen MR) is 41.9 cm³/mol. The number of rotatable bonds is 2. The van der Waals surface area contributed by atoms with E-state index >= 15 is 0 Å². The van der Waals surface area contributed by atoms with Crippen molar-refractivity contribution in [1.82, 2.24) is 4.90 Å². The highest BCUT2D eigenvalue weighted by Gasteiger charge is 2.53. The molecule has 0 spiro atoms. The van der Waals surface area contributed by atoms with Crippen LogP contribution in [0, 0.1) is 0 Å². The quantitative estimate of drug-likeness (QED) is 0.352. The number of carboxylic acids is 1. The van der Waals surface area contributed by atoms with Gasteiger partial charge in [0, 0.05) is 6.08 Å². The maximum atomic E-state index is 11.0. The molecule has 0 radical (unpaired) electrons. The summed E-state index contributed by atoms with van der Waals surface area (Å²) in [7, 11) is 0. The van der Waals surface area contributed by atoms with E-state index in [1.165, 1.54) is 0 Å². The van der Waals surface area contributed by atoms with Gasteiger partial charge in [-0.15, -0.1) is 0 Å². The van der Waals surface area contributed by atoms with Crippen LogP contribution in [-0.4, -0.2) is 40.4 Å². The minimum Gasteiger partial charge on any atom is -0.479 e. The van der Waals surface area contributed by atoms with E-state index in [4.69, 9.17) is 9.84 Å². The molecule has 0 saturated carbocycles. The summed E-state index contributed by atoms with van der Waals surface area (Å²) in [5.74, 6) is -1.42. The third-order valence-corrected chi connectivity index (χ3v) is 2.23. The lowest BCUT2D eigenvalue weighted by atomic mass is 10.1. The van der Waals surface area contributed by atoms with Crippen LogP contribution in [0.1, 0.15) is 6.42 Å². The van der Waals surface area contributed by atoms with E-state index in [1.54, 1.807) is 0 Å². The Kier molecular flexibility index (Phi) is 1.77. The molecule has 1 N–H and O–H groups in total. The fourth-order valence-corrected chi connectivity index (χ4v) is 1.61.